The molecule has 1 unspecified atom stereocenters. The highest BCUT2D eigenvalue weighted by Crippen LogP contribution is 2.20. The number of carbonyl (C=O) groups excluding carboxylic acids is 1. The maximum absolute atomic E-state index is 12.4. The second-order valence-corrected chi connectivity index (χ2v) is 5.78. The number of aromatic nitrogens is 3. The minimum Gasteiger partial charge on any atom is -0.378 e. The second kappa shape index (κ2) is 6.37. The van der Waals surface area contributed by atoms with Gasteiger partial charge in [-0.3, -0.25) is 14.6 Å². The number of hydrogen-bond donors (Lipinski definition) is 1. The zero-order valence-electron chi connectivity index (χ0n) is 12.6. The summed E-state index contributed by atoms with van der Waals surface area (Å²) < 4.78 is 1.18. The monoisotopic (exact) mass is 333 g/mol. The molecule has 8 heteroatoms. The van der Waals surface area contributed by atoms with Crippen LogP contribution in [0.4, 0.5) is 5.69 Å². The van der Waals surface area contributed by atoms with Gasteiger partial charge in [-0.25, -0.2) is 4.68 Å². The van der Waals surface area contributed by atoms with Crippen molar-refractivity contribution in [1.29, 1.82) is 0 Å². The van der Waals surface area contributed by atoms with Gasteiger partial charge in [0, 0.05) is 32.4 Å². The number of halogens is 1. The van der Waals surface area contributed by atoms with Crippen molar-refractivity contribution in [1.82, 2.24) is 19.7 Å². The van der Waals surface area contributed by atoms with E-state index in [-0.39, 0.29) is 22.5 Å². The zero-order chi connectivity index (χ0) is 16.4. The molecule has 1 N–H and O–H groups in total. The average molecular weight is 334 g/mol. The van der Waals surface area contributed by atoms with Crippen molar-refractivity contribution in [3.8, 4) is 0 Å². The maximum Gasteiger partial charge on any atom is 0.287 e. The van der Waals surface area contributed by atoms with Crippen LogP contribution in [0.5, 0.6) is 0 Å². The summed E-state index contributed by atoms with van der Waals surface area (Å²) in [6.07, 6.45) is 3.89. The van der Waals surface area contributed by atoms with E-state index in [1.54, 1.807) is 36.3 Å². The summed E-state index contributed by atoms with van der Waals surface area (Å²) in [6, 6.07) is 5.28. The Morgan fingerprint density at radius 1 is 1.43 bits per heavy atom. The normalized spacial score (nSPS) is 17.3. The number of carbonyl (C=O) groups is 1. The Labute approximate surface area is 137 Å². The molecule has 2 aromatic rings. The Morgan fingerprint density at radius 3 is 3.00 bits per heavy atom. The number of likely N-dealkylation sites (tertiary alicyclic amines) is 1. The molecule has 1 saturated heterocycles. The van der Waals surface area contributed by atoms with E-state index in [1.807, 2.05) is 0 Å². The third-order valence-electron chi connectivity index (χ3n) is 3.80. The fourth-order valence-corrected chi connectivity index (χ4v) is 2.77. The number of pyridine rings is 1. The van der Waals surface area contributed by atoms with Crippen molar-refractivity contribution in [2.45, 2.75) is 12.5 Å². The first-order valence-corrected chi connectivity index (χ1v) is 7.62. The van der Waals surface area contributed by atoms with Gasteiger partial charge in [-0.1, -0.05) is 17.7 Å². The van der Waals surface area contributed by atoms with Crippen molar-refractivity contribution in [2.24, 2.45) is 7.05 Å². The van der Waals surface area contributed by atoms with Crippen molar-refractivity contribution in [3.63, 3.8) is 0 Å². The van der Waals surface area contributed by atoms with Crippen LogP contribution in [0.2, 0.25) is 5.02 Å². The van der Waals surface area contributed by atoms with Crippen molar-refractivity contribution < 1.29 is 4.79 Å². The van der Waals surface area contributed by atoms with Crippen molar-refractivity contribution >= 4 is 23.2 Å². The summed E-state index contributed by atoms with van der Waals surface area (Å²) in [6.45, 7) is 1.16. The molecule has 0 bridgehead atoms. The maximum atomic E-state index is 12.4. The van der Waals surface area contributed by atoms with E-state index in [0.717, 1.165) is 6.42 Å². The lowest BCUT2D eigenvalue weighted by atomic mass is 10.2. The highest BCUT2D eigenvalue weighted by Gasteiger charge is 2.28. The Hall–Kier alpha value is -2.41. The van der Waals surface area contributed by atoms with Gasteiger partial charge in [0.25, 0.3) is 11.5 Å². The van der Waals surface area contributed by atoms with E-state index in [0.29, 0.717) is 24.5 Å². The average Bonchev–Trinajstić information content (AvgIpc) is 3.04. The quantitative estimate of drug-likeness (QED) is 0.911. The molecular formula is C15H16ClN5O2. The first-order valence-electron chi connectivity index (χ1n) is 7.25. The first-order chi connectivity index (χ1) is 11.1. The van der Waals surface area contributed by atoms with E-state index < -0.39 is 0 Å². The van der Waals surface area contributed by atoms with E-state index in [2.05, 4.69) is 15.4 Å². The molecule has 0 aromatic carbocycles. The van der Waals surface area contributed by atoms with Crippen LogP contribution < -0.4 is 10.9 Å². The molecule has 23 heavy (non-hydrogen) atoms. The molecule has 1 fully saturated rings. The lowest BCUT2D eigenvalue weighted by molar-refractivity contribution is 0.0786. The summed E-state index contributed by atoms with van der Waals surface area (Å²) in [5.41, 5.74) is 0.574. The standard InChI is InChI=1S/C15H16ClN5O2/c1-20-15(23)13(16)12(8-18-20)19-10-5-7-21(9-10)14(22)11-4-2-3-6-17-11/h2-4,6,8,10,19H,5,7,9H2,1H3. The van der Waals surface area contributed by atoms with E-state index >= 15 is 0 Å². The van der Waals surface area contributed by atoms with Gasteiger partial charge in [0.1, 0.15) is 10.7 Å². The number of rotatable bonds is 3. The van der Waals surface area contributed by atoms with Gasteiger partial charge in [0.2, 0.25) is 0 Å². The number of aryl methyl sites for hydroxylation is 1. The van der Waals surface area contributed by atoms with Crippen LogP contribution in [0.1, 0.15) is 16.9 Å². The van der Waals surface area contributed by atoms with Crippen LogP contribution >= 0.6 is 11.6 Å². The largest absolute Gasteiger partial charge is 0.378 e. The Bertz CT molecular complexity index is 777. The van der Waals surface area contributed by atoms with Crippen molar-refractivity contribution in [2.75, 3.05) is 18.4 Å². The lowest BCUT2D eigenvalue weighted by Crippen LogP contribution is -2.32. The summed E-state index contributed by atoms with van der Waals surface area (Å²) >= 11 is 6.05. The third-order valence-corrected chi connectivity index (χ3v) is 4.16. The summed E-state index contributed by atoms with van der Waals surface area (Å²) in [7, 11) is 1.54. The molecular weight excluding hydrogens is 318 g/mol. The van der Waals surface area contributed by atoms with Crippen LogP contribution in [0, 0.1) is 0 Å². The van der Waals surface area contributed by atoms with Gasteiger partial charge in [-0.05, 0) is 18.6 Å². The second-order valence-electron chi connectivity index (χ2n) is 5.40. The van der Waals surface area contributed by atoms with Crippen molar-refractivity contribution in [3.05, 3.63) is 51.7 Å². The highest BCUT2D eigenvalue weighted by atomic mass is 35.5. The number of anilines is 1. The zero-order valence-corrected chi connectivity index (χ0v) is 13.3. The third kappa shape index (κ3) is 3.19. The molecule has 0 radical (unpaired) electrons. The Kier molecular flexibility index (Phi) is 4.29. The van der Waals surface area contributed by atoms with Gasteiger partial charge >= 0.3 is 0 Å². The lowest BCUT2D eigenvalue weighted by Gasteiger charge is -2.17. The van der Waals surface area contributed by atoms with E-state index in [1.165, 1.54) is 10.9 Å². The van der Waals surface area contributed by atoms with E-state index in [4.69, 9.17) is 11.6 Å². The molecule has 1 atom stereocenters. The number of nitrogens with one attached hydrogen (secondary N) is 1. The van der Waals surface area contributed by atoms with Crippen LogP contribution in [0.15, 0.2) is 35.4 Å². The molecule has 1 aliphatic heterocycles. The predicted octanol–water partition coefficient (Wildman–Crippen LogP) is 1.16. The number of hydrogen-bond acceptors (Lipinski definition) is 5. The molecule has 2 aromatic heterocycles. The topological polar surface area (TPSA) is 80.1 Å². The smallest absolute Gasteiger partial charge is 0.287 e. The Morgan fingerprint density at radius 2 is 2.26 bits per heavy atom. The molecule has 1 amide bonds. The summed E-state index contributed by atoms with van der Waals surface area (Å²) in [4.78, 5) is 30.0. The van der Waals surface area contributed by atoms with Crippen LogP contribution in [-0.2, 0) is 7.05 Å². The summed E-state index contributed by atoms with van der Waals surface area (Å²) in [5, 5.41) is 7.25. The van der Waals surface area contributed by atoms with E-state index in [9.17, 15) is 9.59 Å². The highest BCUT2D eigenvalue weighted by molar-refractivity contribution is 6.32. The molecule has 120 valence electrons. The predicted molar refractivity (Wildman–Crippen MR) is 86.7 cm³/mol. The molecule has 0 aliphatic carbocycles. The van der Waals surface area contributed by atoms with Gasteiger partial charge in [-0.15, -0.1) is 0 Å². The van der Waals surface area contributed by atoms with Crippen LogP contribution in [-0.4, -0.2) is 44.7 Å². The molecule has 3 heterocycles. The number of amides is 1. The molecule has 1 aliphatic rings. The van der Waals surface area contributed by atoms with Gasteiger partial charge in [0.05, 0.1) is 11.9 Å². The Balaban J connectivity index is 1.68. The molecule has 3 rings (SSSR count). The fraction of sp³-hybridized carbons (Fsp3) is 0.333. The van der Waals surface area contributed by atoms with Gasteiger partial charge in [0.15, 0.2) is 0 Å². The first kappa shape index (κ1) is 15.5. The SMILES string of the molecule is Cn1ncc(NC2CCN(C(=O)c3ccccn3)C2)c(Cl)c1=O. The minimum atomic E-state index is -0.351. The van der Waals surface area contributed by atoms with Crippen LogP contribution in [0.25, 0.3) is 0 Å². The van der Waals surface area contributed by atoms with Gasteiger partial charge < -0.3 is 10.2 Å². The molecule has 0 spiro atoms. The fourth-order valence-electron chi connectivity index (χ4n) is 2.55. The van der Waals surface area contributed by atoms with Crippen LogP contribution in [0.3, 0.4) is 0 Å². The minimum absolute atomic E-state index is 0.0223. The van der Waals surface area contributed by atoms with Gasteiger partial charge in [-0.2, -0.15) is 5.10 Å². The molecule has 0 saturated carbocycles. The summed E-state index contributed by atoms with van der Waals surface area (Å²) in [5.74, 6) is -0.0944. The molecule has 7 nitrogen and oxygen atoms in total. The number of nitrogens with zero attached hydrogens (tertiary/aromatic N) is 4.